The third-order valence-electron chi connectivity index (χ3n) is 5.59. The third-order valence-corrected chi connectivity index (χ3v) is 5.59. The molecule has 0 unspecified atom stereocenters. The highest BCUT2D eigenvalue weighted by Gasteiger charge is 2.29. The van der Waals surface area contributed by atoms with Gasteiger partial charge in [0.15, 0.2) is 0 Å². The topological polar surface area (TPSA) is 92.5 Å². The van der Waals surface area contributed by atoms with E-state index in [2.05, 4.69) is 5.32 Å². The number of non-ortho nitro benzene ring substituents is 1. The van der Waals surface area contributed by atoms with Crippen molar-refractivity contribution in [3.05, 3.63) is 82.2 Å². The number of piperidine rings is 1. The number of anilines is 1. The van der Waals surface area contributed by atoms with E-state index in [0.717, 1.165) is 29.0 Å². The fourth-order valence-corrected chi connectivity index (χ4v) is 3.88. The Labute approximate surface area is 177 Å². The summed E-state index contributed by atoms with van der Waals surface area (Å²) in [6, 6.07) is 16.3. The van der Waals surface area contributed by atoms with Gasteiger partial charge in [-0.05, 0) is 35.7 Å². The van der Waals surface area contributed by atoms with Crippen molar-refractivity contribution in [2.45, 2.75) is 12.8 Å². The van der Waals surface area contributed by atoms with Gasteiger partial charge in [0.05, 0.1) is 10.6 Å². The Hall–Kier alpha value is -3.81. The zero-order chi connectivity index (χ0) is 22.0. The average molecular weight is 421 g/mol. The van der Waals surface area contributed by atoms with Crippen molar-refractivity contribution in [3.8, 4) is 0 Å². The lowest BCUT2D eigenvalue weighted by molar-refractivity contribution is -0.384. The summed E-state index contributed by atoms with van der Waals surface area (Å²) in [5.41, 5.74) is 0.111. The number of amides is 2. The van der Waals surface area contributed by atoms with Crippen molar-refractivity contribution in [2.24, 2.45) is 5.92 Å². The van der Waals surface area contributed by atoms with Crippen LogP contribution in [-0.4, -0.2) is 34.7 Å². The van der Waals surface area contributed by atoms with E-state index >= 15 is 0 Å². The van der Waals surface area contributed by atoms with Gasteiger partial charge in [0.1, 0.15) is 5.82 Å². The van der Waals surface area contributed by atoms with Gasteiger partial charge in [-0.2, -0.15) is 0 Å². The second-order valence-corrected chi connectivity index (χ2v) is 7.50. The molecule has 1 fully saturated rings. The van der Waals surface area contributed by atoms with Crippen molar-refractivity contribution >= 4 is 34.0 Å². The number of carbonyl (C=O) groups excluding carboxylic acids is 2. The Balaban J connectivity index is 1.42. The fraction of sp³-hybridized carbons (Fsp3) is 0.217. The Kier molecular flexibility index (Phi) is 5.62. The van der Waals surface area contributed by atoms with E-state index in [-0.39, 0.29) is 17.3 Å². The molecule has 0 bridgehead atoms. The number of nitrogens with zero attached hydrogens (tertiary/aromatic N) is 2. The van der Waals surface area contributed by atoms with Gasteiger partial charge in [0.2, 0.25) is 5.91 Å². The summed E-state index contributed by atoms with van der Waals surface area (Å²) in [6.45, 7) is 0.801. The highest BCUT2D eigenvalue weighted by Crippen LogP contribution is 2.26. The molecule has 1 aliphatic heterocycles. The molecule has 0 saturated carbocycles. The molecule has 2 amide bonds. The van der Waals surface area contributed by atoms with Gasteiger partial charge in [-0.1, -0.05) is 36.4 Å². The Morgan fingerprint density at radius 2 is 1.74 bits per heavy atom. The van der Waals surface area contributed by atoms with E-state index in [4.69, 9.17) is 0 Å². The van der Waals surface area contributed by atoms with Crippen LogP contribution in [0.25, 0.3) is 10.8 Å². The second-order valence-electron chi connectivity index (χ2n) is 7.50. The molecule has 3 aromatic carbocycles. The van der Waals surface area contributed by atoms with E-state index in [0.29, 0.717) is 31.5 Å². The van der Waals surface area contributed by atoms with Crippen molar-refractivity contribution in [1.29, 1.82) is 0 Å². The van der Waals surface area contributed by atoms with Crippen LogP contribution in [0.5, 0.6) is 0 Å². The minimum Gasteiger partial charge on any atom is -0.339 e. The van der Waals surface area contributed by atoms with E-state index in [1.54, 1.807) is 11.0 Å². The van der Waals surface area contributed by atoms with Crippen LogP contribution >= 0.6 is 0 Å². The van der Waals surface area contributed by atoms with E-state index in [1.807, 2.05) is 36.4 Å². The predicted molar refractivity (Wildman–Crippen MR) is 114 cm³/mol. The van der Waals surface area contributed by atoms with Crippen molar-refractivity contribution in [3.63, 3.8) is 0 Å². The Morgan fingerprint density at radius 3 is 2.48 bits per heavy atom. The van der Waals surface area contributed by atoms with Crippen LogP contribution in [0.15, 0.2) is 60.7 Å². The normalized spacial score (nSPS) is 14.4. The third kappa shape index (κ3) is 4.23. The maximum absolute atomic E-state index is 14.0. The number of rotatable bonds is 4. The molecule has 0 spiro atoms. The summed E-state index contributed by atoms with van der Waals surface area (Å²) >= 11 is 0. The van der Waals surface area contributed by atoms with Gasteiger partial charge in [0, 0.05) is 36.7 Å². The number of hydrogen-bond acceptors (Lipinski definition) is 4. The van der Waals surface area contributed by atoms with Gasteiger partial charge in [-0.3, -0.25) is 19.7 Å². The van der Waals surface area contributed by atoms with Crippen molar-refractivity contribution in [2.75, 3.05) is 18.4 Å². The van der Waals surface area contributed by atoms with Gasteiger partial charge >= 0.3 is 0 Å². The number of benzene rings is 3. The summed E-state index contributed by atoms with van der Waals surface area (Å²) in [6.07, 6.45) is 0.859. The molecule has 31 heavy (non-hydrogen) atoms. The largest absolute Gasteiger partial charge is 0.339 e. The summed E-state index contributed by atoms with van der Waals surface area (Å²) in [5.74, 6) is -1.63. The number of fused-ring (bicyclic) bond motifs is 1. The molecule has 7 nitrogen and oxygen atoms in total. The first-order valence-corrected chi connectivity index (χ1v) is 9.96. The number of nitrogens with one attached hydrogen (secondary N) is 1. The second kappa shape index (κ2) is 8.51. The number of nitro benzene ring substituents is 1. The predicted octanol–water partition coefficient (Wildman–Crippen LogP) is 4.38. The van der Waals surface area contributed by atoms with E-state index in [1.165, 1.54) is 0 Å². The number of carbonyl (C=O) groups is 2. The molecule has 158 valence electrons. The van der Waals surface area contributed by atoms with Crippen LogP contribution in [0, 0.1) is 21.8 Å². The summed E-state index contributed by atoms with van der Waals surface area (Å²) in [4.78, 5) is 37.6. The van der Waals surface area contributed by atoms with Crippen LogP contribution in [0.2, 0.25) is 0 Å². The summed E-state index contributed by atoms with van der Waals surface area (Å²) in [7, 11) is 0. The smallest absolute Gasteiger partial charge is 0.271 e. The number of nitro groups is 1. The molecule has 0 aromatic heterocycles. The van der Waals surface area contributed by atoms with Crippen LogP contribution in [0.1, 0.15) is 23.2 Å². The Morgan fingerprint density at radius 1 is 1.03 bits per heavy atom. The maximum Gasteiger partial charge on any atom is 0.271 e. The van der Waals surface area contributed by atoms with Crippen molar-refractivity contribution in [1.82, 2.24) is 4.90 Å². The molecule has 0 radical (unpaired) electrons. The highest BCUT2D eigenvalue weighted by molar-refractivity contribution is 6.07. The lowest BCUT2D eigenvalue weighted by atomic mass is 9.94. The molecular formula is C23H20FN3O4. The molecular weight excluding hydrogens is 401 g/mol. The molecule has 3 aromatic rings. The van der Waals surface area contributed by atoms with Gasteiger partial charge in [0.25, 0.3) is 11.6 Å². The zero-order valence-corrected chi connectivity index (χ0v) is 16.6. The minimum absolute atomic E-state index is 0.0830. The lowest BCUT2D eigenvalue weighted by Gasteiger charge is -2.31. The minimum atomic E-state index is -0.734. The van der Waals surface area contributed by atoms with Crippen LogP contribution in [-0.2, 0) is 4.79 Å². The molecule has 1 saturated heterocycles. The monoisotopic (exact) mass is 421 g/mol. The Bertz CT molecular complexity index is 1170. The fourth-order valence-electron chi connectivity index (χ4n) is 3.88. The standard InChI is InChI=1S/C23H20FN3O4/c24-20-9-8-17(27(30)31)14-21(20)25-22(28)16-10-12-26(13-11-16)23(29)19-7-3-5-15-4-1-2-6-18(15)19/h1-9,14,16H,10-13H2,(H,25,28). The van der Waals surface area contributed by atoms with E-state index in [9.17, 15) is 24.1 Å². The van der Waals surface area contributed by atoms with Crippen LogP contribution < -0.4 is 5.32 Å². The first kappa shape index (κ1) is 20.5. The molecule has 8 heteroatoms. The summed E-state index contributed by atoms with van der Waals surface area (Å²) < 4.78 is 14.0. The average Bonchev–Trinajstić information content (AvgIpc) is 2.79. The molecule has 1 N–H and O–H groups in total. The van der Waals surface area contributed by atoms with Gasteiger partial charge in [-0.25, -0.2) is 4.39 Å². The van der Waals surface area contributed by atoms with Crippen LogP contribution in [0.3, 0.4) is 0 Å². The molecule has 0 atom stereocenters. The quantitative estimate of drug-likeness (QED) is 0.500. The maximum atomic E-state index is 14.0. The molecule has 1 heterocycles. The van der Waals surface area contributed by atoms with Gasteiger partial charge < -0.3 is 10.2 Å². The first-order valence-electron chi connectivity index (χ1n) is 9.96. The first-order chi connectivity index (χ1) is 14.9. The van der Waals surface area contributed by atoms with E-state index < -0.39 is 22.6 Å². The van der Waals surface area contributed by atoms with Crippen LogP contribution in [0.4, 0.5) is 15.8 Å². The highest BCUT2D eigenvalue weighted by atomic mass is 19.1. The molecule has 1 aliphatic rings. The van der Waals surface area contributed by atoms with Crippen molar-refractivity contribution < 1.29 is 18.9 Å². The lowest BCUT2D eigenvalue weighted by Crippen LogP contribution is -2.41. The zero-order valence-electron chi connectivity index (χ0n) is 16.6. The van der Waals surface area contributed by atoms with Gasteiger partial charge in [-0.15, -0.1) is 0 Å². The SMILES string of the molecule is O=C(Nc1cc([N+](=O)[O-])ccc1F)C1CCN(C(=O)c2cccc3ccccc23)CC1. The summed E-state index contributed by atoms with van der Waals surface area (Å²) in [5, 5.41) is 15.2. The number of likely N-dealkylation sites (tertiary alicyclic amines) is 1. The molecule has 4 rings (SSSR count). The number of halogens is 1. The molecule has 0 aliphatic carbocycles. The number of hydrogen-bond donors (Lipinski definition) is 1.